The van der Waals surface area contributed by atoms with Crippen molar-refractivity contribution in [3.63, 3.8) is 0 Å². The number of rotatable bonds is 0. The van der Waals surface area contributed by atoms with Crippen LogP contribution in [-0.4, -0.2) is 10.1 Å². The van der Waals surface area contributed by atoms with E-state index in [-0.39, 0.29) is 11.2 Å². The third-order valence-electron chi connectivity index (χ3n) is 2.63. The minimum atomic E-state index is 0.00676. The molecule has 3 heteroatoms. The molecule has 2 rings (SSSR count). The second kappa shape index (κ2) is 3.63. The van der Waals surface area contributed by atoms with Crippen molar-refractivity contribution in [2.24, 2.45) is 0 Å². The molecule has 16 heavy (non-hydrogen) atoms. The summed E-state index contributed by atoms with van der Waals surface area (Å²) in [6, 6.07) is 5.21. The van der Waals surface area contributed by atoms with Gasteiger partial charge in [-0.3, -0.25) is 0 Å². The Balaban J connectivity index is 2.85. The molecule has 0 saturated carbocycles. The molecule has 1 aromatic carbocycles. The molecule has 2 aromatic rings. The van der Waals surface area contributed by atoms with E-state index in [0.29, 0.717) is 5.15 Å². The zero-order valence-electron chi connectivity index (χ0n) is 9.58. The molecule has 84 valence electrons. The van der Waals surface area contributed by atoms with E-state index in [1.165, 1.54) is 0 Å². The van der Waals surface area contributed by atoms with Gasteiger partial charge < -0.3 is 5.11 Å². The predicted molar refractivity (Wildman–Crippen MR) is 67.1 cm³/mol. The maximum atomic E-state index is 9.46. The molecule has 0 fully saturated rings. The first-order chi connectivity index (χ1) is 7.39. The van der Waals surface area contributed by atoms with Crippen LogP contribution in [-0.2, 0) is 5.41 Å². The predicted octanol–water partition coefficient (Wildman–Crippen LogP) is 3.89. The molecule has 1 heterocycles. The van der Waals surface area contributed by atoms with Crippen molar-refractivity contribution in [1.29, 1.82) is 0 Å². The summed E-state index contributed by atoms with van der Waals surface area (Å²) in [4.78, 5) is 4.17. The SMILES string of the molecule is CC(C)(C)c1cnc(Cl)c2cc(O)ccc12. The van der Waals surface area contributed by atoms with E-state index < -0.39 is 0 Å². The summed E-state index contributed by atoms with van der Waals surface area (Å²) in [5, 5.41) is 11.7. The maximum Gasteiger partial charge on any atom is 0.136 e. The van der Waals surface area contributed by atoms with E-state index in [0.717, 1.165) is 16.3 Å². The first kappa shape index (κ1) is 11.2. The van der Waals surface area contributed by atoms with Crippen molar-refractivity contribution in [2.45, 2.75) is 26.2 Å². The first-order valence-corrected chi connectivity index (χ1v) is 5.55. The fourth-order valence-corrected chi connectivity index (χ4v) is 2.00. The van der Waals surface area contributed by atoms with Crippen molar-refractivity contribution in [1.82, 2.24) is 4.98 Å². The fourth-order valence-electron chi connectivity index (χ4n) is 1.80. The van der Waals surface area contributed by atoms with Crippen LogP contribution in [0.4, 0.5) is 0 Å². The molecule has 0 atom stereocenters. The molecular formula is C13H14ClNO. The third kappa shape index (κ3) is 1.85. The molecule has 0 aliphatic carbocycles. The number of phenols is 1. The number of hydrogen-bond donors (Lipinski definition) is 1. The number of benzene rings is 1. The van der Waals surface area contributed by atoms with Gasteiger partial charge in [-0.05, 0) is 28.5 Å². The Labute approximate surface area is 99.9 Å². The molecule has 1 N–H and O–H groups in total. The smallest absolute Gasteiger partial charge is 0.136 e. The van der Waals surface area contributed by atoms with Crippen LogP contribution in [0.1, 0.15) is 26.3 Å². The second-order valence-corrected chi connectivity index (χ2v) is 5.30. The lowest BCUT2D eigenvalue weighted by Gasteiger charge is -2.21. The topological polar surface area (TPSA) is 33.1 Å². The highest BCUT2D eigenvalue weighted by molar-refractivity contribution is 6.34. The van der Waals surface area contributed by atoms with Crippen molar-refractivity contribution in [3.8, 4) is 5.75 Å². The van der Waals surface area contributed by atoms with Crippen molar-refractivity contribution in [3.05, 3.63) is 35.1 Å². The van der Waals surface area contributed by atoms with Gasteiger partial charge in [-0.15, -0.1) is 0 Å². The average molecular weight is 236 g/mol. The Kier molecular flexibility index (Phi) is 2.55. The number of nitrogens with zero attached hydrogens (tertiary/aromatic N) is 1. The zero-order valence-corrected chi connectivity index (χ0v) is 10.3. The number of aromatic hydroxyl groups is 1. The number of halogens is 1. The minimum Gasteiger partial charge on any atom is -0.508 e. The lowest BCUT2D eigenvalue weighted by molar-refractivity contribution is 0.476. The molecule has 0 amide bonds. The van der Waals surface area contributed by atoms with Crippen LogP contribution >= 0.6 is 11.6 Å². The number of aromatic nitrogens is 1. The zero-order chi connectivity index (χ0) is 11.9. The summed E-state index contributed by atoms with van der Waals surface area (Å²) in [5.41, 5.74) is 1.14. The van der Waals surface area contributed by atoms with Crippen LogP contribution in [0.15, 0.2) is 24.4 Å². The Bertz CT molecular complexity index is 543. The molecule has 2 nitrogen and oxygen atoms in total. The Morgan fingerprint density at radius 1 is 1.19 bits per heavy atom. The van der Waals surface area contributed by atoms with Gasteiger partial charge in [0, 0.05) is 11.6 Å². The normalized spacial score (nSPS) is 12.0. The van der Waals surface area contributed by atoms with E-state index in [9.17, 15) is 5.11 Å². The Morgan fingerprint density at radius 2 is 1.88 bits per heavy atom. The van der Waals surface area contributed by atoms with Crippen LogP contribution in [0.5, 0.6) is 5.75 Å². The molecule has 0 aliphatic heterocycles. The van der Waals surface area contributed by atoms with Gasteiger partial charge in [-0.2, -0.15) is 0 Å². The van der Waals surface area contributed by atoms with Gasteiger partial charge in [0.1, 0.15) is 10.9 Å². The van der Waals surface area contributed by atoms with Gasteiger partial charge in [0.15, 0.2) is 0 Å². The van der Waals surface area contributed by atoms with Crippen LogP contribution in [0.3, 0.4) is 0 Å². The van der Waals surface area contributed by atoms with E-state index >= 15 is 0 Å². The highest BCUT2D eigenvalue weighted by Gasteiger charge is 2.18. The highest BCUT2D eigenvalue weighted by Crippen LogP contribution is 2.33. The van der Waals surface area contributed by atoms with Crippen LogP contribution < -0.4 is 0 Å². The van der Waals surface area contributed by atoms with Crippen molar-refractivity contribution >= 4 is 22.4 Å². The van der Waals surface area contributed by atoms with Crippen LogP contribution in [0.2, 0.25) is 5.15 Å². The van der Waals surface area contributed by atoms with E-state index in [4.69, 9.17) is 11.6 Å². The molecule has 0 aliphatic rings. The number of pyridine rings is 1. The molecule has 0 radical (unpaired) electrons. The first-order valence-electron chi connectivity index (χ1n) is 5.17. The van der Waals surface area contributed by atoms with Gasteiger partial charge in [0.05, 0.1) is 0 Å². The lowest BCUT2D eigenvalue weighted by atomic mass is 9.85. The summed E-state index contributed by atoms with van der Waals surface area (Å²) in [6.45, 7) is 6.39. The molecule has 0 saturated heterocycles. The summed E-state index contributed by atoms with van der Waals surface area (Å²) in [5.74, 6) is 0.210. The van der Waals surface area contributed by atoms with E-state index in [1.807, 2.05) is 12.3 Å². The summed E-state index contributed by atoms with van der Waals surface area (Å²) in [7, 11) is 0. The lowest BCUT2D eigenvalue weighted by Crippen LogP contribution is -2.12. The molecular weight excluding hydrogens is 222 g/mol. The highest BCUT2D eigenvalue weighted by atomic mass is 35.5. The van der Waals surface area contributed by atoms with E-state index in [1.54, 1.807) is 12.1 Å². The van der Waals surface area contributed by atoms with Gasteiger partial charge in [0.2, 0.25) is 0 Å². The summed E-state index contributed by atoms with van der Waals surface area (Å²) in [6.07, 6.45) is 1.81. The number of phenolic OH excluding ortho intramolecular Hbond substituents is 1. The molecule has 0 spiro atoms. The molecule has 1 aromatic heterocycles. The van der Waals surface area contributed by atoms with Gasteiger partial charge in [0.25, 0.3) is 0 Å². The maximum absolute atomic E-state index is 9.46. The summed E-state index contributed by atoms with van der Waals surface area (Å²) < 4.78 is 0. The Morgan fingerprint density at radius 3 is 2.50 bits per heavy atom. The van der Waals surface area contributed by atoms with Gasteiger partial charge in [-0.1, -0.05) is 38.4 Å². The standard InChI is InChI=1S/C13H14ClNO/c1-13(2,3)11-7-15-12(14)10-6-8(16)4-5-9(10)11/h4-7,16H,1-3H3. The van der Waals surface area contributed by atoms with E-state index in [2.05, 4.69) is 25.8 Å². The third-order valence-corrected chi connectivity index (χ3v) is 2.93. The van der Waals surface area contributed by atoms with Crippen molar-refractivity contribution in [2.75, 3.05) is 0 Å². The minimum absolute atomic E-state index is 0.00676. The van der Waals surface area contributed by atoms with Crippen LogP contribution in [0.25, 0.3) is 10.8 Å². The second-order valence-electron chi connectivity index (χ2n) is 4.94. The fraction of sp³-hybridized carbons (Fsp3) is 0.308. The number of hydrogen-bond acceptors (Lipinski definition) is 2. The largest absolute Gasteiger partial charge is 0.508 e. The quantitative estimate of drug-likeness (QED) is 0.703. The number of fused-ring (bicyclic) bond motifs is 1. The molecule has 0 bridgehead atoms. The van der Waals surface area contributed by atoms with Gasteiger partial charge in [-0.25, -0.2) is 4.98 Å². The summed E-state index contributed by atoms with van der Waals surface area (Å²) >= 11 is 6.03. The van der Waals surface area contributed by atoms with Gasteiger partial charge >= 0.3 is 0 Å². The molecule has 0 unspecified atom stereocenters. The van der Waals surface area contributed by atoms with Crippen molar-refractivity contribution < 1.29 is 5.11 Å². The van der Waals surface area contributed by atoms with Crippen LogP contribution in [0, 0.1) is 0 Å². The Hall–Kier alpha value is -1.28. The monoisotopic (exact) mass is 235 g/mol. The average Bonchev–Trinajstić information content (AvgIpc) is 2.17.